The molecule has 2 aromatic rings. The van der Waals surface area contributed by atoms with Gasteiger partial charge >= 0.3 is 5.97 Å². The molecule has 1 aromatic heterocycles. The minimum Gasteiger partial charge on any atom is -0.452 e. The summed E-state index contributed by atoms with van der Waals surface area (Å²) in [7, 11) is -3.12. The molecule has 1 atom stereocenters. The summed E-state index contributed by atoms with van der Waals surface area (Å²) >= 11 is 0. The third-order valence-corrected chi connectivity index (χ3v) is 8.69. The molecule has 2 fully saturated rings. The molecule has 1 saturated carbocycles. The van der Waals surface area contributed by atoms with E-state index in [4.69, 9.17) is 4.74 Å². The van der Waals surface area contributed by atoms with Gasteiger partial charge in [0.15, 0.2) is 16.4 Å². The van der Waals surface area contributed by atoms with Crippen molar-refractivity contribution < 1.29 is 22.7 Å². The minimum atomic E-state index is -3.12. The SMILES string of the molecule is Cc1ccccc1-n1c(C)cc(C(=O)OCC(=O)N(C2CCCC2)C2CCS(=O)(=O)C2)c1C. The molecule has 0 bridgehead atoms. The van der Waals surface area contributed by atoms with E-state index in [1.54, 1.807) is 11.0 Å². The van der Waals surface area contributed by atoms with E-state index < -0.39 is 15.8 Å². The number of rotatable bonds is 6. The molecule has 0 N–H and O–H groups in total. The summed E-state index contributed by atoms with van der Waals surface area (Å²) in [6.07, 6.45) is 4.24. The number of esters is 1. The van der Waals surface area contributed by atoms with Crippen molar-refractivity contribution in [3.63, 3.8) is 0 Å². The lowest BCUT2D eigenvalue weighted by atomic mass is 10.1. The predicted molar refractivity (Wildman–Crippen MR) is 126 cm³/mol. The van der Waals surface area contributed by atoms with Crippen LogP contribution in [0.15, 0.2) is 30.3 Å². The third-order valence-electron chi connectivity index (χ3n) is 6.94. The molecule has 1 saturated heterocycles. The van der Waals surface area contributed by atoms with Crippen LogP contribution in [-0.2, 0) is 19.4 Å². The molecule has 1 unspecified atom stereocenters. The van der Waals surface area contributed by atoms with Gasteiger partial charge in [-0.05, 0) is 57.7 Å². The first-order chi connectivity index (χ1) is 15.7. The fourth-order valence-corrected chi connectivity index (χ4v) is 7.03. The average Bonchev–Trinajstić information content (AvgIpc) is 3.48. The number of para-hydroxylation sites is 1. The van der Waals surface area contributed by atoms with Crippen LogP contribution in [0.1, 0.15) is 59.4 Å². The van der Waals surface area contributed by atoms with Gasteiger partial charge in [-0.1, -0.05) is 31.0 Å². The fraction of sp³-hybridized carbons (Fsp3) is 0.520. The van der Waals surface area contributed by atoms with E-state index in [0.29, 0.717) is 12.0 Å². The van der Waals surface area contributed by atoms with Crippen LogP contribution < -0.4 is 0 Å². The second-order valence-corrected chi connectivity index (χ2v) is 11.5. The topological polar surface area (TPSA) is 85.7 Å². The van der Waals surface area contributed by atoms with Gasteiger partial charge in [0.1, 0.15) is 0 Å². The summed E-state index contributed by atoms with van der Waals surface area (Å²) in [5.74, 6) is -0.730. The molecule has 1 aliphatic heterocycles. The highest BCUT2D eigenvalue weighted by molar-refractivity contribution is 7.91. The molecule has 0 radical (unpaired) electrons. The molecule has 7 nitrogen and oxygen atoms in total. The van der Waals surface area contributed by atoms with Crippen molar-refractivity contribution in [2.45, 2.75) is 65.0 Å². The number of amides is 1. The zero-order chi connectivity index (χ0) is 23.8. The smallest absolute Gasteiger partial charge is 0.340 e. The van der Waals surface area contributed by atoms with Gasteiger partial charge in [-0.3, -0.25) is 4.79 Å². The number of hydrogen-bond acceptors (Lipinski definition) is 5. The number of sulfone groups is 1. The zero-order valence-electron chi connectivity index (χ0n) is 19.5. The quantitative estimate of drug-likeness (QED) is 0.601. The highest BCUT2D eigenvalue weighted by Gasteiger charge is 2.39. The van der Waals surface area contributed by atoms with Crippen LogP contribution in [0.3, 0.4) is 0 Å². The van der Waals surface area contributed by atoms with Crippen molar-refractivity contribution in [1.29, 1.82) is 0 Å². The second-order valence-electron chi connectivity index (χ2n) is 9.28. The number of hydrogen-bond donors (Lipinski definition) is 0. The maximum absolute atomic E-state index is 13.1. The van der Waals surface area contributed by atoms with Crippen molar-refractivity contribution in [1.82, 2.24) is 9.47 Å². The first-order valence-electron chi connectivity index (χ1n) is 11.6. The van der Waals surface area contributed by atoms with Crippen molar-refractivity contribution in [2.24, 2.45) is 0 Å². The third kappa shape index (κ3) is 4.86. The molecular formula is C25H32N2O5S. The van der Waals surface area contributed by atoms with Gasteiger partial charge in [-0.15, -0.1) is 0 Å². The van der Waals surface area contributed by atoms with Crippen LogP contribution >= 0.6 is 0 Å². The predicted octanol–water partition coefficient (Wildman–Crippen LogP) is 3.52. The first kappa shape index (κ1) is 23.5. The Balaban J connectivity index is 1.49. The first-order valence-corrected chi connectivity index (χ1v) is 13.4. The second kappa shape index (κ2) is 9.33. The van der Waals surface area contributed by atoms with Crippen molar-refractivity contribution in [3.8, 4) is 5.69 Å². The lowest BCUT2D eigenvalue weighted by molar-refractivity contribution is -0.139. The van der Waals surface area contributed by atoms with Crippen molar-refractivity contribution in [2.75, 3.05) is 18.1 Å². The molecule has 178 valence electrons. The summed E-state index contributed by atoms with van der Waals surface area (Å²) in [5.41, 5.74) is 4.18. The largest absolute Gasteiger partial charge is 0.452 e. The summed E-state index contributed by atoms with van der Waals surface area (Å²) in [6, 6.07) is 9.44. The maximum atomic E-state index is 13.1. The number of aromatic nitrogens is 1. The summed E-state index contributed by atoms with van der Waals surface area (Å²) in [5, 5.41) is 0. The molecule has 33 heavy (non-hydrogen) atoms. The fourth-order valence-electron chi connectivity index (χ4n) is 5.32. The van der Waals surface area contributed by atoms with Gasteiger partial charge in [-0.25, -0.2) is 13.2 Å². The van der Waals surface area contributed by atoms with Gasteiger partial charge in [0.25, 0.3) is 5.91 Å². The monoisotopic (exact) mass is 472 g/mol. The van der Waals surface area contributed by atoms with Crippen LogP contribution in [0, 0.1) is 20.8 Å². The molecule has 8 heteroatoms. The summed E-state index contributed by atoms with van der Waals surface area (Å²) < 4.78 is 31.5. The number of carbonyl (C=O) groups is 2. The van der Waals surface area contributed by atoms with Crippen LogP contribution in [0.2, 0.25) is 0 Å². The number of benzene rings is 1. The van der Waals surface area contributed by atoms with Crippen LogP contribution in [0.25, 0.3) is 5.69 Å². The number of carbonyl (C=O) groups excluding carboxylic acids is 2. The molecule has 4 rings (SSSR count). The van der Waals surface area contributed by atoms with E-state index in [-0.39, 0.29) is 36.1 Å². The standard InChI is InChI=1S/C25H32N2O5S/c1-17-8-4-7-11-23(17)26-18(2)14-22(19(26)3)25(29)32-15-24(28)27(20-9-5-6-10-20)21-12-13-33(30,31)16-21/h4,7-8,11,14,20-21H,5-6,9-10,12-13,15-16H2,1-3H3. The number of ether oxygens (including phenoxy) is 1. The van der Waals surface area contributed by atoms with Gasteiger partial charge in [0.2, 0.25) is 0 Å². The van der Waals surface area contributed by atoms with Crippen LogP contribution in [0.5, 0.6) is 0 Å². The van der Waals surface area contributed by atoms with E-state index in [1.165, 1.54) is 0 Å². The van der Waals surface area contributed by atoms with E-state index in [9.17, 15) is 18.0 Å². The average molecular weight is 473 g/mol. The molecule has 2 aliphatic rings. The normalized spacial score (nSPS) is 20.2. The van der Waals surface area contributed by atoms with Crippen LogP contribution in [0.4, 0.5) is 0 Å². The maximum Gasteiger partial charge on any atom is 0.340 e. The Bertz CT molecular complexity index is 1160. The Labute approximate surface area is 195 Å². The molecule has 2 heterocycles. The van der Waals surface area contributed by atoms with E-state index in [1.807, 2.05) is 49.6 Å². The Morgan fingerprint density at radius 1 is 1.06 bits per heavy atom. The van der Waals surface area contributed by atoms with Crippen molar-refractivity contribution in [3.05, 3.63) is 52.8 Å². The Hall–Kier alpha value is -2.61. The molecule has 1 amide bonds. The van der Waals surface area contributed by atoms with Gasteiger partial charge < -0.3 is 14.2 Å². The summed E-state index contributed by atoms with van der Waals surface area (Å²) in [6.45, 7) is 5.45. The van der Waals surface area contributed by atoms with Gasteiger partial charge in [-0.2, -0.15) is 0 Å². The Morgan fingerprint density at radius 3 is 2.39 bits per heavy atom. The Morgan fingerprint density at radius 2 is 1.76 bits per heavy atom. The zero-order valence-corrected chi connectivity index (χ0v) is 20.4. The number of nitrogens with zero attached hydrogens (tertiary/aromatic N) is 2. The summed E-state index contributed by atoms with van der Waals surface area (Å²) in [4.78, 5) is 27.8. The molecular weight excluding hydrogens is 440 g/mol. The van der Waals surface area contributed by atoms with E-state index >= 15 is 0 Å². The Kier molecular flexibility index (Phi) is 6.66. The van der Waals surface area contributed by atoms with Crippen molar-refractivity contribution >= 4 is 21.7 Å². The number of aryl methyl sites for hydroxylation is 2. The molecule has 1 aromatic carbocycles. The highest BCUT2D eigenvalue weighted by atomic mass is 32.2. The lowest BCUT2D eigenvalue weighted by Crippen LogP contribution is -2.48. The van der Waals surface area contributed by atoms with E-state index in [0.717, 1.165) is 48.3 Å². The van der Waals surface area contributed by atoms with Gasteiger partial charge in [0, 0.05) is 29.2 Å². The minimum absolute atomic E-state index is 0.000760. The van der Waals surface area contributed by atoms with E-state index in [2.05, 4.69) is 0 Å². The lowest BCUT2D eigenvalue weighted by Gasteiger charge is -2.33. The highest BCUT2D eigenvalue weighted by Crippen LogP contribution is 2.29. The van der Waals surface area contributed by atoms with Gasteiger partial charge in [0.05, 0.1) is 17.1 Å². The van der Waals surface area contributed by atoms with Crippen LogP contribution in [-0.4, -0.2) is 60.0 Å². The molecule has 0 spiro atoms. The molecule has 1 aliphatic carbocycles.